The summed E-state index contributed by atoms with van der Waals surface area (Å²) in [5, 5.41) is 8.62. The number of nitrogen functional groups attached to an aromatic ring is 1. The van der Waals surface area contributed by atoms with Gasteiger partial charge in [0.25, 0.3) is 0 Å². The summed E-state index contributed by atoms with van der Waals surface area (Å²) < 4.78 is 5.40. The minimum atomic E-state index is 0.412. The standard InChI is InChI=1S/C11H15N3O/c1-8(2)3-4-15-11-10(13)5-9(6-12)7-14-11/h5,7-8H,3-4,13H2,1-2H3. The van der Waals surface area contributed by atoms with Crippen LogP contribution in [0.1, 0.15) is 25.8 Å². The Labute approximate surface area is 89.7 Å². The molecule has 4 nitrogen and oxygen atoms in total. The predicted molar refractivity (Wildman–Crippen MR) is 58.3 cm³/mol. The van der Waals surface area contributed by atoms with Crippen LogP contribution in [0.4, 0.5) is 5.69 Å². The molecule has 0 aromatic carbocycles. The molecule has 0 aliphatic carbocycles. The molecular weight excluding hydrogens is 190 g/mol. The van der Waals surface area contributed by atoms with Gasteiger partial charge in [0.1, 0.15) is 6.07 Å². The summed E-state index contributed by atoms with van der Waals surface area (Å²) in [6, 6.07) is 3.54. The lowest BCUT2D eigenvalue weighted by Gasteiger charge is -2.08. The van der Waals surface area contributed by atoms with Crippen LogP contribution in [0, 0.1) is 17.2 Å². The van der Waals surface area contributed by atoms with Crippen LogP contribution in [0.3, 0.4) is 0 Å². The van der Waals surface area contributed by atoms with Crippen LogP contribution in [0.2, 0.25) is 0 Å². The van der Waals surface area contributed by atoms with Gasteiger partial charge in [-0.15, -0.1) is 0 Å². The Balaban J connectivity index is 2.59. The maximum absolute atomic E-state index is 8.62. The quantitative estimate of drug-likeness (QED) is 0.815. The first-order valence-corrected chi connectivity index (χ1v) is 4.92. The smallest absolute Gasteiger partial charge is 0.237 e. The van der Waals surface area contributed by atoms with Crippen molar-refractivity contribution < 1.29 is 4.74 Å². The SMILES string of the molecule is CC(C)CCOc1ncc(C#N)cc1N. The molecule has 1 rings (SSSR count). The Morgan fingerprint density at radius 3 is 2.87 bits per heavy atom. The van der Waals surface area contributed by atoms with E-state index < -0.39 is 0 Å². The molecule has 4 heteroatoms. The molecule has 0 radical (unpaired) electrons. The topological polar surface area (TPSA) is 71.9 Å². The second kappa shape index (κ2) is 5.20. The molecule has 0 atom stereocenters. The Morgan fingerprint density at radius 1 is 1.60 bits per heavy atom. The number of rotatable bonds is 4. The molecule has 1 heterocycles. The molecule has 0 amide bonds. The second-order valence-electron chi connectivity index (χ2n) is 3.76. The maximum atomic E-state index is 8.62. The Morgan fingerprint density at radius 2 is 2.33 bits per heavy atom. The van der Waals surface area contributed by atoms with Crippen LogP contribution in [0.25, 0.3) is 0 Å². The van der Waals surface area contributed by atoms with Gasteiger partial charge in [-0.2, -0.15) is 5.26 Å². The fraction of sp³-hybridized carbons (Fsp3) is 0.455. The van der Waals surface area contributed by atoms with Crippen LogP contribution >= 0.6 is 0 Å². The van der Waals surface area contributed by atoms with E-state index in [1.807, 2.05) is 6.07 Å². The van der Waals surface area contributed by atoms with Crippen molar-refractivity contribution in [1.82, 2.24) is 4.98 Å². The number of aromatic nitrogens is 1. The van der Waals surface area contributed by atoms with E-state index in [-0.39, 0.29) is 0 Å². The lowest BCUT2D eigenvalue weighted by atomic mass is 10.1. The first-order valence-electron chi connectivity index (χ1n) is 4.92. The number of hydrogen-bond acceptors (Lipinski definition) is 4. The van der Waals surface area contributed by atoms with Crippen molar-refractivity contribution in [1.29, 1.82) is 5.26 Å². The van der Waals surface area contributed by atoms with Gasteiger partial charge in [0.05, 0.1) is 17.9 Å². The van der Waals surface area contributed by atoms with E-state index in [1.165, 1.54) is 6.20 Å². The summed E-state index contributed by atoms with van der Waals surface area (Å²) in [7, 11) is 0. The van der Waals surface area contributed by atoms with E-state index in [4.69, 9.17) is 15.7 Å². The highest BCUT2D eigenvalue weighted by molar-refractivity contribution is 5.51. The average Bonchev–Trinajstić information content (AvgIpc) is 2.20. The minimum absolute atomic E-state index is 0.412. The summed E-state index contributed by atoms with van der Waals surface area (Å²) in [4.78, 5) is 3.98. The van der Waals surface area contributed by atoms with Crippen molar-refractivity contribution in [3.8, 4) is 11.9 Å². The summed E-state index contributed by atoms with van der Waals surface area (Å²) in [6.07, 6.45) is 2.42. The number of ether oxygens (including phenoxy) is 1. The van der Waals surface area contributed by atoms with Gasteiger partial charge in [-0.1, -0.05) is 13.8 Å². The summed E-state index contributed by atoms with van der Waals surface area (Å²) in [6.45, 7) is 4.85. The molecule has 1 aromatic rings. The molecule has 1 aromatic heterocycles. The third-order valence-electron chi connectivity index (χ3n) is 1.94. The van der Waals surface area contributed by atoms with Crippen molar-refractivity contribution >= 4 is 5.69 Å². The monoisotopic (exact) mass is 205 g/mol. The molecular formula is C11H15N3O. The lowest BCUT2D eigenvalue weighted by molar-refractivity contribution is 0.281. The lowest BCUT2D eigenvalue weighted by Crippen LogP contribution is -2.05. The van der Waals surface area contributed by atoms with E-state index in [0.29, 0.717) is 29.7 Å². The number of pyridine rings is 1. The van der Waals surface area contributed by atoms with Gasteiger partial charge in [-0.3, -0.25) is 0 Å². The molecule has 80 valence electrons. The average molecular weight is 205 g/mol. The molecule has 0 bridgehead atoms. The third kappa shape index (κ3) is 3.47. The van der Waals surface area contributed by atoms with Crippen molar-refractivity contribution in [2.45, 2.75) is 20.3 Å². The van der Waals surface area contributed by atoms with Gasteiger partial charge in [0.2, 0.25) is 5.88 Å². The number of hydrogen-bond donors (Lipinski definition) is 1. The second-order valence-corrected chi connectivity index (χ2v) is 3.76. The normalized spacial score (nSPS) is 10.0. The minimum Gasteiger partial charge on any atom is -0.476 e. The number of nitrogens with two attached hydrogens (primary N) is 1. The number of nitrogens with zero attached hydrogens (tertiary/aromatic N) is 2. The Bertz CT molecular complexity index is 369. The third-order valence-corrected chi connectivity index (χ3v) is 1.94. The van der Waals surface area contributed by atoms with E-state index >= 15 is 0 Å². The molecule has 2 N–H and O–H groups in total. The number of nitriles is 1. The van der Waals surface area contributed by atoms with Crippen LogP contribution < -0.4 is 10.5 Å². The van der Waals surface area contributed by atoms with Crippen LogP contribution in [-0.4, -0.2) is 11.6 Å². The molecule has 0 saturated carbocycles. The summed E-state index contributed by atoms with van der Waals surface area (Å²) in [5.41, 5.74) is 6.54. The molecule has 0 spiro atoms. The highest BCUT2D eigenvalue weighted by Gasteiger charge is 2.03. The van der Waals surface area contributed by atoms with Crippen molar-refractivity contribution in [3.05, 3.63) is 17.8 Å². The largest absolute Gasteiger partial charge is 0.476 e. The van der Waals surface area contributed by atoms with E-state index in [9.17, 15) is 0 Å². The Kier molecular flexibility index (Phi) is 3.92. The van der Waals surface area contributed by atoms with Crippen molar-refractivity contribution in [2.75, 3.05) is 12.3 Å². The van der Waals surface area contributed by atoms with Gasteiger partial charge in [-0.05, 0) is 18.4 Å². The fourth-order valence-electron chi connectivity index (χ4n) is 1.04. The first-order chi connectivity index (χ1) is 7.13. The zero-order valence-electron chi connectivity index (χ0n) is 9.03. The molecule has 0 aliphatic heterocycles. The van der Waals surface area contributed by atoms with Crippen molar-refractivity contribution in [2.24, 2.45) is 5.92 Å². The van der Waals surface area contributed by atoms with Gasteiger partial charge in [0.15, 0.2) is 0 Å². The summed E-state index contributed by atoms with van der Waals surface area (Å²) >= 11 is 0. The molecule has 0 unspecified atom stereocenters. The predicted octanol–water partition coefficient (Wildman–Crippen LogP) is 1.96. The van der Waals surface area contributed by atoms with E-state index in [0.717, 1.165) is 6.42 Å². The van der Waals surface area contributed by atoms with Crippen LogP contribution in [0.5, 0.6) is 5.88 Å². The summed E-state index contributed by atoms with van der Waals surface area (Å²) in [5.74, 6) is 0.999. The van der Waals surface area contributed by atoms with Gasteiger partial charge < -0.3 is 10.5 Å². The maximum Gasteiger partial charge on any atom is 0.237 e. The van der Waals surface area contributed by atoms with Crippen molar-refractivity contribution in [3.63, 3.8) is 0 Å². The van der Waals surface area contributed by atoms with E-state index in [1.54, 1.807) is 6.07 Å². The Hall–Kier alpha value is -1.76. The zero-order chi connectivity index (χ0) is 11.3. The molecule has 0 saturated heterocycles. The molecule has 0 aliphatic rings. The van der Waals surface area contributed by atoms with Gasteiger partial charge >= 0.3 is 0 Å². The van der Waals surface area contributed by atoms with Crippen LogP contribution in [0.15, 0.2) is 12.3 Å². The van der Waals surface area contributed by atoms with Crippen LogP contribution in [-0.2, 0) is 0 Å². The highest BCUT2D eigenvalue weighted by Crippen LogP contribution is 2.18. The molecule has 0 fully saturated rings. The van der Waals surface area contributed by atoms with Gasteiger partial charge in [0, 0.05) is 6.20 Å². The zero-order valence-corrected chi connectivity index (χ0v) is 9.03. The van der Waals surface area contributed by atoms with E-state index in [2.05, 4.69) is 18.8 Å². The first kappa shape index (κ1) is 11.3. The highest BCUT2D eigenvalue weighted by atomic mass is 16.5. The molecule has 15 heavy (non-hydrogen) atoms. The fourth-order valence-corrected chi connectivity index (χ4v) is 1.04. The van der Waals surface area contributed by atoms with Gasteiger partial charge in [-0.25, -0.2) is 4.98 Å². The number of anilines is 1.